The third-order valence-electron chi connectivity index (χ3n) is 2.75. The lowest BCUT2D eigenvalue weighted by Gasteiger charge is -2.01. The molecule has 3 heteroatoms. The maximum Gasteiger partial charge on any atom is 0.136 e. The Kier molecular flexibility index (Phi) is 3.92. The first-order valence-electron chi connectivity index (χ1n) is 6.15. The van der Waals surface area contributed by atoms with Crippen molar-refractivity contribution in [2.75, 3.05) is 0 Å². The lowest BCUT2D eigenvalue weighted by Crippen LogP contribution is -1.95. The number of ketones is 1. The summed E-state index contributed by atoms with van der Waals surface area (Å²) >= 11 is 1.66. The summed E-state index contributed by atoms with van der Waals surface area (Å²) in [5.41, 5.74) is 3.43. The summed E-state index contributed by atoms with van der Waals surface area (Å²) in [4.78, 5) is 17.1. The topological polar surface area (TPSA) is 30.0 Å². The highest BCUT2D eigenvalue weighted by atomic mass is 32.1. The SMILES string of the molecule is CCc1sc(CC(C)=O)nc1-c1cccc(C)c1. The number of aromatic nitrogens is 1. The number of Topliss-reactive ketones (excluding diaryl/α,β-unsaturated/α-hetero) is 1. The van der Waals surface area contributed by atoms with E-state index < -0.39 is 0 Å². The summed E-state index contributed by atoms with van der Waals surface area (Å²) in [5.74, 6) is 0.169. The Bertz CT molecular complexity index is 572. The van der Waals surface area contributed by atoms with Crippen LogP contribution in [0.15, 0.2) is 24.3 Å². The molecule has 0 atom stereocenters. The highest BCUT2D eigenvalue weighted by Gasteiger charge is 2.12. The molecule has 0 aliphatic heterocycles. The van der Waals surface area contributed by atoms with Gasteiger partial charge in [0.1, 0.15) is 10.8 Å². The minimum Gasteiger partial charge on any atom is -0.300 e. The zero-order valence-corrected chi connectivity index (χ0v) is 11.8. The molecule has 0 aliphatic carbocycles. The predicted octanol–water partition coefficient (Wildman–Crippen LogP) is 3.81. The maximum atomic E-state index is 11.2. The van der Waals surface area contributed by atoms with E-state index in [1.54, 1.807) is 18.3 Å². The van der Waals surface area contributed by atoms with Gasteiger partial charge >= 0.3 is 0 Å². The Morgan fingerprint density at radius 3 is 2.78 bits per heavy atom. The molecule has 0 unspecified atom stereocenters. The van der Waals surface area contributed by atoms with Crippen LogP contribution in [0.5, 0.6) is 0 Å². The third-order valence-corrected chi connectivity index (χ3v) is 3.95. The number of carbonyl (C=O) groups is 1. The molecule has 1 heterocycles. The molecule has 1 aromatic heterocycles. The Morgan fingerprint density at radius 2 is 2.17 bits per heavy atom. The quantitative estimate of drug-likeness (QED) is 0.835. The second-order valence-electron chi connectivity index (χ2n) is 4.48. The Balaban J connectivity index is 2.43. The average Bonchev–Trinajstić information content (AvgIpc) is 2.71. The van der Waals surface area contributed by atoms with Crippen LogP contribution >= 0.6 is 11.3 Å². The zero-order chi connectivity index (χ0) is 13.1. The van der Waals surface area contributed by atoms with Crippen molar-refractivity contribution in [2.24, 2.45) is 0 Å². The monoisotopic (exact) mass is 259 g/mol. The molecular weight excluding hydrogens is 242 g/mol. The Morgan fingerprint density at radius 1 is 1.39 bits per heavy atom. The largest absolute Gasteiger partial charge is 0.300 e. The molecule has 0 bridgehead atoms. The Labute approximate surface area is 112 Å². The molecule has 1 aromatic carbocycles. The van der Waals surface area contributed by atoms with Crippen molar-refractivity contribution >= 4 is 17.1 Å². The van der Waals surface area contributed by atoms with E-state index in [2.05, 4.69) is 37.0 Å². The van der Waals surface area contributed by atoms with E-state index in [4.69, 9.17) is 0 Å². The van der Waals surface area contributed by atoms with E-state index in [1.807, 2.05) is 6.07 Å². The van der Waals surface area contributed by atoms with Crippen LogP contribution in [0.1, 0.15) is 29.3 Å². The fraction of sp³-hybridized carbons (Fsp3) is 0.333. The molecule has 0 fully saturated rings. The van der Waals surface area contributed by atoms with Gasteiger partial charge in [0.2, 0.25) is 0 Å². The van der Waals surface area contributed by atoms with Crippen LogP contribution in [0.3, 0.4) is 0 Å². The van der Waals surface area contributed by atoms with Gasteiger partial charge in [0.25, 0.3) is 0 Å². The summed E-state index contributed by atoms with van der Waals surface area (Å²) in [6.45, 7) is 5.82. The molecule has 0 aliphatic rings. The fourth-order valence-corrected chi connectivity index (χ4v) is 3.05. The van der Waals surface area contributed by atoms with E-state index in [0.29, 0.717) is 6.42 Å². The van der Waals surface area contributed by atoms with Gasteiger partial charge in [-0.1, -0.05) is 30.7 Å². The maximum absolute atomic E-state index is 11.2. The summed E-state index contributed by atoms with van der Waals surface area (Å²) in [6.07, 6.45) is 1.41. The molecular formula is C15H17NOS. The van der Waals surface area contributed by atoms with Crippen LogP contribution in [-0.4, -0.2) is 10.8 Å². The van der Waals surface area contributed by atoms with Gasteiger partial charge in [-0.05, 0) is 26.3 Å². The van der Waals surface area contributed by atoms with Gasteiger partial charge in [-0.25, -0.2) is 4.98 Å². The van der Waals surface area contributed by atoms with Crippen molar-refractivity contribution < 1.29 is 4.79 Å². The zero-order valence-electron chi connectivity index (χ0n) is 11.0. The number of benzene rings is 1. The van der Waals surface area contributed by atoms with Gasteiger partial charge in [-0.2, -0.15) is 0 Å². The van der Waals surface area contributed by atoms with Crippen molar-refractivity contribution in [1.82, 2.24) is 4.98 Å². The highest BCUT2D eigenvalue weighted by molar-refractivity contribution is 7.12. The molecule has 0 N–H and O–H groups in total. The van der Waals surface area contributed by atoms with Crippen LogP contribution in [0.4, 0.5) is 0 Å². The second-order valence-corrected chi connectivity index (χ2v) is 5.65. The predicted molar refractivity (Wildman–Crippen MR) is 76.1 cm³/mol. The molecule has 2 rings (SSSR count). The van der Waals surface area contributed by atoms with E-state index in [1.165, 1.54) is 10.4 Å². The van der Waals surface area contributed by atoms with Crippen molar-refractivity contribution in [3.8, 4) is 11.3 Å². The molecule has 94 valence electrons. The van der Waals surface area contributed by atoms with E-state index in [0.717, 1.165) is 22.7 Å². The highest BCUT2D eigenvalue weighted by Crippen LogP contribution is 2.29. The third kappa shape index (κ3) is 2.85. The molecule has 0 saturated carbocycles. The number of aryl methyl sites for hydroxylation is 2. The summed E-state index contributed by atoms with van der Waals surface area (Å²) in [7, 11) is 0. The van der Waals surface area contributed by atoms with Crippen LogP contribution in [0.25, 0.3) is 11.3 Å². The lowest BCUT2D eigenvalue weighted by atomic mass is 10.1. The van der Waals surface area contributed by atoms with Crippen molar-refractivity contribution in [2.45, 2.75) is 33.6 Å². The Hall–Kier alpha value is -1.48. The molecule has 18 heavy (non-hydrogen) atoms. The van der Waals surface area contributed by atoms with Gasteiger partial charge in [-0.3, -0.25) is 4.79 Å². The van der Waals surface area contributed by atoms with Gasteiger partial charge in [-0.15, -0.1) is 11.3 Å². The molecule has 0 saturated heterocycles. The van der Waals surface area contributed by atoms with Crippen LogP contribution in [0.2, 0.25) is 0 Å². The van der Waals surface area contributed by atoms with Gasteiger partial charge in [0.15, 0.2) is 0 Å². The van der Waals surface area contributed by atoms with Crippen LogP contribution in [0, 0.1) is 6.92 Å². The lowest BCUT2D eigenvalue weighted by molar-refractivity contribution is -0.116. The first-order chi connectivity index (χ1) is 8.60. The van der Waals surface area contributed by atoms with Crippen LogP contribution in [-0.2, 0) is 17.6 Å². The van der Waals surface area contributed by atoms with E-state index in [-0.39, 0.29) is 5.78 Å². The normalized spacial score (nSPS) is 10.6. The number of hydrogen-bond acceptors (Lipinski definition) is 3. The average molecular weight is 259 g/mol. The second kappa shape index (κ2) is 5.44. The van der Waals surface area contributed by atoms with Gasteiger partial charge < -0.3 is 0 Å². The van der Waals surface area contributed by atoms with E-state index >= 15 is 0 Å². The first-order valence-corrected chi connectivity index (χ1v) is 6.97. The number of nitrogens with zero attached hydrogens (tertiary/aromatic N) is 1. The molecule has 0 spiro atoms. The summed E-state index contributed by atoms with van der Waals surface area (Å²) in [6, 6.07) is 8.36. The molecule has 0 radical (unpaired) electrons. The van der Waals surface area contributed by atoms with Crippen LogP contribution < -0.4 is 0 Å². The molecule has 2 nitrogen and oxygen atoms in total. The summed E-state index contributed by atoms with van der Waals surface area (Å²) < 4.78 is 0. The first kappa shape index (κ1) is 13.0. The molecule has 0 amide bonds. The minimum absolute atomic E-state index is 0.169. The van der Waals surface area contributed by atoms with Crippen molar-refractivity contribution in [3.63, 3.8) is 0 Å². The number of thiazole rings is 1. The van der Waals surface area contributed by atoms with Crippen molar-refractivity contribution in [3.05, 3.63) is 39.7 Å². The smallest absolute Gasteiger partial charge is 0.136 e. The minimum atomic E-state index is 0.169. The number of carbonyl (C=O) groups excluding carboxylic acids is 1. The fourth-order valence-electron chi connectivity index (χ4n) is 1.95. The standard InChI is InChI=1S/C15H17NOS/c1-4-13-15(12-7-5-6-10(2)8-12)16-14(18-13)9-11(3)17/h5-8H,4,9H2,1-3H3. The number of hydrogen-bond donors (Lipinski definition) is 0. The molecule has 2 aromatic rings. The van der Waals surface area contributed by atoms with Crippen molar-refractivity contribution in [1.29, 1.82) is 0 Å². The summed E-state index contributed by atoms with van der Waals surface area (Å²) in [5, 5.41) is 0.927. The van der Waals surface area contributed by atoms with Gasteiger partial charge in [0.05, 0.1) is 12.1 Å². The van der Waals surface area contributed by atoms with E-state index in [9.17, 15) is 4.79 Å². The van der Waals surface area contributed by atoms with Gasteiger partial charge in [0, 0.05) is 10.4 Å². The number of rotatable bonds is 4.